The molecule has 1 amide bonds. The summed E-state index contributed by atoms with van der Waals surface area (Å²) in [6.07, 6.45) is 0.768. The molecule has 31 heavy (non-hydrogen) atoms. The van der Waals surface area contributed by atoms with E-state index in [1.807, 2.05) is 61.5 Å². The number of benzene rings is 3. The van der Waals surface area contributed by atoms with Gasteiger partial charge in [0.2, 0.25) is 5.76 Å². The van der Waals surface area contributed by atoms with Gasteiger partial charge >= 0.3 is 0 Å². The molecule has 0 saturated carbocycles. The number of carbonyl (C=O) groups excluding carboxylic acids is 1. The summed E-state index contributed by atoms with van der Waals surface area (Å²) in [6.45, 7) is 2.53. The molecule has 0 radical (unpaired) electrons. The normalized spacial score (nSPS) is 15.3. The molecule has 0 spiro atoms. The van der Waals surface area contributed by atoms with E-state index in [0.29, 0.717) is 28.8 Å². The summed E-state index contributed by atoms with van der Waals surface area (Å²) in [5.41, 5.74) is 1.48. The predicted octanol–water partition coefficient (Wildman–Crippen LogP) is 5.54. The van der Waals surface area contributed by atoms with Gasteiger partial charge in [-0.2, -0.15) is 0 Å². The zero-order valence-electron chi connectivity index (χ0n) is 17.1. The highest BCUT2D eigenvalue weighted by molar-refractivity contribution is 5.99. The fraction of sp³-hybridized carbons (Fsp3) is 0.154. The number of ether oxygens (including phenoxy) is 1. The van der Waals surface area contributed by atoms with Gasteiger partial charge in [-0.15, -0.1) is 0 Å². The topological polar surface area (TPSA) is 59.8 Å². The second-order valence-corrected chi connectivity index (χ2v) is 7.56. The fourth-order valence-electron chi connectivity index (χ4n) is 4.16. The summed E-state index contributed by atoms with van der Waals surface area (Å²) < 4.78 is 11.9. The molecular formula is C26H21NO4. The molecule has 0 fully saturated rings. The molecule has 1 aromatic heterocycles. The number of nitrogens with zero attached hydrogens (tertiary/aromatic N) is 1. The maximum Gasteiger partial charge on any atom is 0.290 e. The van der Waals surface area contributed by atoms with E-state index in [2.05, 4.69) is 0 Å². The lowest BCUT2D eigenvalue weighted by Crippen LogP contribution is -2.30. The Morgan fingerprint density at radius 3 is 2.45 bits per heavy atom. The Bertz CT molecular complexity index is 1330. The highest BCUT2D eigenvalue weighted by atomic mass is 16.5. The first kappa shape index (κ1) is 19.1. The molecule has 2 heterocycles. The van der Waals surface area contributed by atoms with Crippen molar-refractivity contribution in [3.63, 3.8) is 0 Å². The van der Waals surface area contributed by atoms with E-state index >= 15 is 0 Å². The van der Waals surface area contributed by atoms with E-state index in [4.69, 9.17) is 9.15 Å². The second kappa shape index (κ2) is 7.76. The molecule has 154 valence electrons. The van der Waals surface area contributed by atoms with Crippen LogP contribution in [0.1, 0.15) is 41.1 Å². The van der Waals surface area contributed by atoms with Crippen molar-refractivity contribution in [2.24, 2.45) is 0 Å². The molecule has 1 aliphatic rings. The third kappa shape index (κ3) is 3.28. The molecular weight excluding hydrogens is 390 g/mol. The highest BCUT2D eigenvalue weighted by Gasteiger charge is 2.42. The quantitative estimate of drug-likeness (QED) is 0.433. The Balaban J connectivity index is 1.65. The molecule has 0 bridgehead atoms. The number of hydrogen-bond donors (Lipinski definition) is 0. The highest BCUT2D eigenvalue weighted by Crippen LogP contribution is 2.39. The molecule has 0 aliphatic carbocycles. The SMILES string of the molecule is CCCN1C(=O)c2oc3ccccc3c(=O)c2[C@H]1c1cccc(Oc2ccccc2)c1. The van der Waals surface area contributed by atoms with Crippen LogP contribution in [0.15, 0.2) is 88.1 Å². The third-order valence-corrected chi connectivity index (χ3v) is 5.49. The van der Waals surface area contributed by atoms with Gasteiger partial charge in [-0.25, -0.2) is 0 Å². The van der Waals surface area contributed by atoms with Gasteiger partial charge in [0.25, 0.3) is 5.91 Å². The summed E-state index contributed by atoms with van der Waals surface area (Å²) >= 11 is 0. The van der Waals surface area contributed by atoms with Crippen molar-refractivity contribution in [3.05, 3.63) is 106 Å². The molecule has 5 rings (SSSR count). The van der Waals surface area contributed by atoms with Crippen LogP contribution in [0.3, 0.4) is 0 Å². The smallest absolute Gasteiger partial charge is 0.290 e. The second-order valence-electron chi connectivity index (χ2n) is 7.56. The molecule has 0 N–H and O–H groups in total. The molecule has 0 unspecified atom stereocenters. The van der Waals surface area contributed by atoms with Crippen LogP contribution >= 0.6 is 0 Å². The Morgan fingerprint density at radius 2 is 1.65 bits per heavy atom. The predicted molar refractivity (Wildman–Crippen MR) is 119 cm³/mol. The van der Waals surface area contributed by atoms with E-state index in [9.17, 15) is 9.59 Å². The Hall–Kier alpha value is -3.86. The Kier molecular flexibility index (Phi) is 4.79. The molecule has 1 atom stereocenters. The van der Waals surface area contributed by atoms with Gasteiger partial charge < -0.3 is 14.1 Å². The van der Waals surface area contributed by atoms with Crippen LogP contribution in [0.2, 0.25) is 0 Å². The van der Waals surface area contributed by atoms with E-state index in [1.165, 1.54) is 0 Å². The van der Waals surface area contributed by atoms with Crippen LogP contribution in [-0.2, 0) is 0 Å². The van der Waals surface area contributed by atoms with Gasteiger partial charge in [-0.3, -0.25) is 9.59 Å². The lowest BCUT2D eigenvalue weighted by Gasteiger charge is -2.25. The van der Waals surface area contributed by atoms with Crippen molar-refractivity contribution >= 4 is 16.9 Å². The van der Waals surface area contributed by atoms with Crippen LogP contribution in [0, 0.1) is 0 Å². The van der Waals surface area contributed by atoms with Gasteiger partial charge in [0.15, 0.2) is 5.43 Å². The average molecular weight is 411 g/mol. The van der Waals surface area contributed by atoms with Gasteiger partial charge in [0, 0.05) is 6.54 Å². The van der Waals surface area contributed by atoms with Crippen LogP contribution in [0.4, 0.5) is 0 Å². The van der Waals surface area contributed by atoms with Crippen LogP contribution < -0.4 is 10.2 Å². The summed E-state index contributed by atoms with van der Waals surface area (Å²) in [5.74, 6) is 1.25. The van der Waals surface area contributed by atoms with Gasteiger partial charge in [-0.1, -0.05) is 49.4 Å². The van der Waals surface area contributed by atoms with E-state index < -0.39 is 6.04 Å². The zero-order valence-corrected chi connectivity index (χ0v) is 17.1. The Morgan fingerprint density at radius 1 is 0.903 bits per heavy atom. The van der Waals surface area contributed by atoms with Crippen molar-refractivity contribution in [2.45, 2.75) is 19.4 Å². The van der Waals surface area contributed by atoms with Crippen molar-refractivity contribution in [1.82, 2.24) is 4.90 Å². The zero-order chi connectivity index (χ0) is 21.4. The lowest BCUT2D eigenvalue weighted by atomic mass is 9.98. The van der Waals surface area contributed by atoms with Crippen molar-refractivity contribution in [2.75, 3.05) is 6.54 Å². The summed E-state index contributed by atoms with van der Waals surface area (Å²) in [5, 5.41) is 0.481. The number of para-hydroxylation sites is 2. The average Bonchev–Trinajstić information content (AvgIpc) is 3.07. The number of carbonyl (C=O) groups is 1. The first-order valence-corrected chi connectivity index (χ1v) is 10.4. The van der Waals surface area contributed by atoms with Crippen molar-refractivity contribution < 1.29 is 13.9 Å². The number of amides is 1. The maximum absolute atomic E-state index is 13.4. The monoisotopic (exact) mass is 411 g/mol. The summed E-state index contributed by atoms with van der Waals surface area (Å²) in [6, 6.07) is 23.6. The van der Waals surface area contributed by atoms with E-state index in [0.717, 1.165) is 17.7 Å². The Labute approximate surface area is 179 Å². The van der Waals surface area contributed by atoms with Crippen LogP contribution in [0.25, 0.3) is 11.0 Å². The van der Waals surface area contributed by atoms with Crippen molar-refractivity contribution in [1.29, 1.82) is 0 Å². The van der Waals surface area contributed by atoms with Gasteiger partial charge in [0.05, 0.1) is 17.0 Å². The minimum absolute atomic E-state index is 0.136. The van der Waals surface area contributed by atoms with E-state index in [-0.39, 0.29) is 17.1 Å². The lowest BCUT2D eigenvalue weighted by molar-refractivity contribution is 0.0728. The fourth-order valence-corrected chi connectivity index (χ4v) is 4.16. The van der Waals surface area contributed by atoms with Crippen molar-refractivity contribution in [3.8, 4) is 11.5 Å². The number of rotatable bonds is 5. The largest absolute Gasteiger partial charge is 0.457 e. The standard InChI is InChI=1S/C26H21NO4/c1-2-15-27-23(17-9-8-12-19(16-17)30-18-10-4-3-5-11-18)22-24(28)20-13-6-7-14-21(20)31-25(22)26(27)29/h3-14,16,23H,2,15H2,1H3/t23-/m1/s1. The third-order valence-electron chi connectivity index (χ3n) is 5.49. The molecule has 1 aliphatic heterocycles. The number of hydrogen-bond acceptors (Lipinski definition) is 4. The molecule has 4 aromatic rings. The van der Waals surface area contributed by atoms with Gasteiger partial charge in [0.1, 0.15) is 17.1 Å². The maximum atomic E-state index is 13.4. The first-order chi connectivity index (χ1) is 15.2. The molecule has 3 aromatic carbocycles. The van der Waals surface area contributed by atoms with Crippen LogP contribution in [-0.4, -0.2) is 17.4 Å². The summed E-state index contributed by atoms with van der Waals surface area (Å²) in [7, 11) is 0. The van der Waals surface area contributed by atoms with E-state index in [1.54, 1.807) is 29.2 Å². The number of fused-ring (bicyclic) bond motifs is 2. The minimum atomic E-state index is -0.511. The molecule has 0 saturated heterocycles. The van der Waals surface area contributed by atoms with Gasteiger partial charge in [-0.05, 0) is 48.4 Å². The first-order valence-electron chi connectivity index (χ1n) is 10.4. The van der Waals surface area contributed by atoms with Crippen LogP contribution in [0.5, 0.6) is 11.5 Å². The molecule has 5 heteroatoms. The minimum Gasteiger partial charge on any atom is -0.457 e. The summed E-state index contributed by atoms with van der Waals surface area (Å²) in [4.78, 5) is 28.3. The molecule has 5 nitrogen and oxygen atoms in total.